The third kappa shape index (κ3) is 4.44. The molecule has 0 spiro atoms. The Morgan fingerprint density at radius 1 is 1.00 bits per heavy atom. The summed E-state index contributed by atoms with van der Waals surface area (Å²) in [5, 5.41) is 5.16. The van der Waals surface area contributed by atoms with Gasteiger partial charge in [-0.1, -0.05) is 30.3 Å². The van der Waals surface area contributed by atoms with Crippen LogP contribution in [0.2, 0.25) is 0 Å². The highest BCUT2D eigenvalue weighted by molar-refractivity contribution is 6.05. The molecule has 2 aromatic carbocycles. The van der Waals surface area contributed by atoms with Crippen molar-refractivity contribution in [2.75, 3.05) is 14.2 Å². The van der Waals surface area contributed by atoms with Gasteiger partial charge in [0, 0.05) is 12.6 Å². The number of benzene rings is 2. The van der Waals surface area contributed by atoms with Crippen molar-refractivity contribution in [3.8, 4) is 5.75 Å². The van der Waals surface area contributed by atoms with Gasteiger partial charge in [-0.3, -0.25) is 9.59 Å². The molecule has 0 aliphatic rings. The maximum Gasteiger partial charge on any atom is 0.267 e. The SMILES string of the molecule is CNC(=O)/C(=C/c1ccc(OC)cc1)NC(=O)c1ccccc1. The Labute approximate surface area is 135 Å². The fourth-order valence-electron chi connectivity index (χ4n) is 1.94. The lowest BCUT2D eigenvalue weighted by molar-refractivity contribution is -0.117. The molecular formula is C18H18N2O3. The highest BCUT2D eigenvalue weighted by Crippen LogP contribution is 2.13. The predicted molar refractivity (Wildman–Crippen MR) is 88.9 cm³/mol. The number of hydrogen-bond donors (Lipinski definition) is 2. The summed E-state index contributed by atoms with van der Waals surface area (Å²) < 4.78 is 5.10. The lowest BCUT2D eigenvalue weighted by atomic mass is 10.1. The minimum atomic E-state index is -0.370. The summed E-state index contributed by atoms with van der Waals surface area (Å²) in [5.41, 5.74) is 1.43. The van der Waals surface area contributed by atoms with E-state index >= 15 is 0 Å². The van der Waals surface area contributed by atoms with Crippen LogP contribution in [0.3, 0.4) is 0 Å². The van der Waals surface area contributed by atoms with Crippen molar-refractivity contribution in [3.05, 3.63) is 71.4 Å². The van der Waals surface area contributed by atoms with Crippen molar-refractivity contribution in [2.24, 2.45) is 0 Å². The van der Waals surface area contributed by atoms with E-state index in [2.05, 4.69) is 10.6 Å². The lowest BCUT2D eigenvalue weighted by Crippen LogP contribution is -2.33. The van der Waals surface area contributed by atoms with Crippen molar-refractivity contribution in [2.45, 2.75) is 0 Å². The molecular weight excluding hydrogens is 292 g/mol. The van der Waals surface area contributed by atoms with Crippen LogP contribution in [0.15, 0.2) is 60.3 Å². The van der Waals surface area contributed by atoms with Crippen molar-refractivity contribution in [3.63, 3.8) is 0 Å². The molecule has 0 aromatic heterocycles. The van der Waals surface area contributed by atoms with Crippen molar-refractivity contribution < 1.29 is 14.3 Å². The second kappa shape index (κ2) is 7.79. The fraction of sp³-hybridized carbons (Fsp3) is 0.111. The van der Waals surface area contributed by atoms with E-state index in [1.807, 2.05) is 6.07 Å². The number of carbonyl (C=O) groups excluding carboxylic acids is 2. The van der Waals surface area contributed by atoms with Crippen molar-refractivity contribution >= 4 is 17.9 Å². The Balaban J connectivity index is 2.24. The van der Waals surface area contributed by atoms with E-state index in [0.717, 1.165) is 11.3 Å². The molecule has 0 unspecified atom stereocenters. The molecule has 0 aliphatic heterocycles. The zero-order valence-electron chi connectivity index (χ0n) is 13.0. The minimum Gasteiger partial charge on any atom is -0.497 e. The van der Waals surface area contributed by atoms with Gasteiger partial charge >= 0.3 is 0 Å². The Bertz CT molecular complexity index is 707. The van der Waals surface area contributed by atoms with Gasteiger partial charge in [-0.05, 0) is 35.9 Å². The first kappa shape index (κ1) is 16.3. The number of likely N-dealkylation sites (N-methyl/N-ethyl adjacent to an activating group) is 1. The van der Waals surface area contributed by atoms with Gasteiger partial charge in [-0.15, -0.1) is 0 Å². The van der Waals surface area contributed by atoms with Crippen LogP contribution < -0.4 is 15.4 Å². The molecule has 0 atom stereocenters. The van der Waals surface area contributed by atoms with E-state index in [-0.39, 0.29) is 17.5 Å². The molecule has 5 nitrogen and oxygen atoms in total. The number of rotatable bonds is 5. The standard InChI is InChI=1S/C18H18N2O3/c1-19-18(22)16(12-13-8-10-15(23-2)11-9-13)20-17(21)14-6-4-3-5-7-14/h3-12H,1-2H3,(H,19,22)(H,20,21)/b16-12-. The Morgan fingerprint density at radius 3 is 2.22 bits per heavy atom. The van der Waals surface area contributed by atoms with Crippen LogP contribution in [0.5, 0.6) is 5.75 Å². The van der Waals surface area contributed by atoms with Crippen molar-refractivity contribution in [1.29, 1.82) is 0 Å². The van der Waals surface area contributed by atoms with Crippen LogP contribution in [0.25, 0.3) is 6.08 Å². The number of hydrogen-bond acceptors (Lipinski definition) is 3. The molecule has 0 bridgehead atoms. The van der Waals surface area contributed by atoms with E-state index < -0.39 is 0 Å². The number of ether oxygens (including phenoxy) is 1. The molecule has 23 heavy (non-hydrogen) atoms. The maximum absolute atomic E-state index is 12.2. The molecule has 118 valence electrons. The quantitative estimate of drug-likeness (QED) is 0.832. The Hall–Kier alpha value is -3.08. The van der Waals surface area contributed by atoms with Gasteiger partial charge in [-0.2, -0.15) is 0 Å². The second-order valence-corrected chi connectivity index (χ2v) is 4.73. The molecule has 2 amide bonds. The largest absolute Gasteiger partial charge is 0.497 e. The average Bonchev–Trinajstić information content (AvgIpc) is 2.61. The summed E-state index contributed by atoms with van der Waals surface area (Å²) in [4.78, 5) is 24.2. The molecule has 5 heteroatoms. The van der Waals surface area contributed by atoms with Gasteiger partial charge in [0.2, 0.25) is 0 Å². The Kier molecular flexibility index (Phi) is 5.52. The van der Waals surface area contributed by atoms with E-state index in [0.29, 0.717) is 5.56 Å². The van der Waals surface area contributed by atoms with E-state index in [9.17, 15) is 9.59 Å². The maximum atomic E-state index is 12.2. The van der Waals surface area contributed by atoms with Crippen LogP contribution in [-0.2, 0) is 4.79 Å². The highest BCUT2D eigenvalue weighted by atomic mass is 16.5. The predicted octanol–water partition coefficient (Wildman–Crippen LogP) is 2.21. The number of amides is 2. The summed E-state index contributed by atoms with van der Waals surface area (Å²) in [6.07, 6.45) is 1.61. The monoisotopic (exact) mass is 310 g/mol. The molecule has 2 N–H and O–H groups in total. The zero-order valence-corrected chi connectivity index (χ0v) is 13.0. The third-order valence-electron chi connectivity index (χ3n) is 3.18. The first-order chi connectivity index (χ1) is 11.1. The molecule has 0 saturated carbocycles. The van der Waals surface area contributed by atoms with Gasteiger partial charge in [0.15, 0.2) is 0 Å². The first-order valence-corrected chi connectivity index (χ1v) is 7.08. The van der Waals surface area contributed by atoms with Crippen LogP contribution in [0, 0.1) is 0 Å². The fourth-order valence-corrected chi connectivity index (χ4v) is 1.94. The Morgan fingerprint density at radius 2 is 1.65 bits per heavy atom. The van der Waals surface area contributed by atoms with Gasteiger partial charge in [0.25, 0.3) is 11.8 Å². The minimum absolute atomic E-state index is 0.173. The summed E-state index contributed by atoms with van der Waals surface area (Å²) in [7, 11) is 3.10. The molecule has 0 aliphatic carbocycles. The smallest absolute Gasteiger partial charge is 0.267 e. The number of nitrogens with one attached hydrogen (secondary N) is 2. The van der Waals surface area contributed by atoms with Crippen LogP contribution in [0.4, 0.5) is 0 Å². The van der Waals surface area contributed by atoms with Gasteiger partial charge in [0.1, 0.15) is 11.4 Å². The summed E-state index contributed by atoms with van der Waals surface area (Å²) in [6.45, 7) is 0. The van der Waals surface area contributed by atoms with E-state index in [1.54, 1.807) is 61.7 Å². The molecule has 0 saturated heterocycles. The average molecular weight is 310 g/mol. The van der Waals surface area contributed by atoms with Gasteiger partial charge < -0.3 is 15.4 Å². The van der Waals surface area contributed by atoms with E-state index in [1.165, 1.54) is 7.05 Å². The number of carbonyl (C=O) groups is 2. The summed E-state index contributed by atoms with van der Waals surface area (Å²) >= 11 is 0. The highest BCUT2D eigenvalue weighted by Gasteiger charge is 2.13. The van der Waals surface area contributed by atoms with Crippen LogP contribution in [-0.4, -0.2) is 26.0 Å². The lowest BCUT2D eigenvalue weighted by Gasteiger charge is -2.09. The first-order valence-electron chi connectivity index (χ1n) is 7.08. The molecule has 0 fully saturated rings. The molecule has 2 aromatic rings. The molecule has 0 radical (unpaired) electrons. The van der Waals surface area contributed by atoms with E-state index in [4.69, 9.17) is 4.74 Å². The summed E-state index contributed by atoms with van der Waals surface area (Å²) in [6, 6.07) is 15.9. The number of methoxy groups -OCH3 is 1. The topological polar surface area (TPSA) is 67.4 Å². The second-order valence-electron chi connectivity index (χ2n) is 4.73. The zero-order chi connectivity index (χ0) is 16.7. The summed E-state index contributed by atoms with van der Waals surface area (Å²) in [5.74, 6) is 0.0102. The van der Waals surface area contributed by atoms with Gasteiger partial charge in [-0.25, -0.2) is 0 Å². The van der Waals surface area contributed by atoms with Crippen LogP contribution in [0.1, 0.15) is 15.9 Å². The normalized spacial score (nSPS) is 10.8. The molecule has 0 heterocycles. The van der Waals surface area contributed by atoms with Crippen LogP contribution >= 0.6 is 0 Å². The van der Waals surface area contributed by atoms with Crippen molar-refractivity contribution in [1.82, 2.24) is 10.6 Å². The molecule has 2 rings (SSSR count). The third-order valence-corrected chi connectivity index (χ3v) is 3.18. The van der Waals surface area contributed by atoms with Gasteiger partial charge in [0.05, 0.1) is 7.11 Å².